The van der Waals surface area contributed by atoms with E-state index < -0.39 is 165 Å². The van der Waals surface area contributed by atoms with Gasteiger partial charge in [-0.25, -0.2) is 4.79 Å². The number of rotatable bonds is 12. The molecule has 440 valence electrons. The number of aliphatic hydroxyl groups is 12. The molecule has 0 spiro atoms. The Morgan fingerprint density at radius 2 is 1.10 bits per heavy atom. The summed E-state index contributed by atoms with van der Waals surface area (Å²) in [5.41, 5.74) is -1.30. The SMILES string of the molecule is COC(=O)C1OC(OC2CCC3(C)C(CCC4(C)C3CC=C3C5CC(C)(C)CCC5(C(=O)OC5OC(CO)C(O)C(O)C5O)CCC34C)C2(C)C)C(OC2OC(CO)C(O)C(O)C2O)C(O)C1OC1OC(CO)C(O)C1O. The first-order chi connectivity index (χ1) is 36.1. The molecule has 5 aliphatic carbocycles. The lowest BCUT2D eigenvalue weighted by Crippen LogP contribution is -2.68. The molecule has 8 fully saturated rings. The van der Waals surface area contributed by atoms with Crippen LogP contribution in [0, 0.1) is 50.2 Å². The van der Waals surface area contributed by atoms with Crippen molar-refractivity contribution in [2.45, 2.75) is 235 Å². The van der Waals surface area contributed by atoms with Crippen LogP contribution in [0.3, 0.4) is 0 Å². The molecule has 4 saturated heterocycles. The number of fused-ring (bicyclic) bond motifs is 7. The fourth-order valence-corrected chi connectivity index (χ4v) is 16.4. The van der Waals surface area contributed by atoms with Gasteiger partial charge in [0, 0.05) is 0 Å². The van der Waals surface area contributed by atoms with Gasteiger partial charge >= 0.3 is 11.9 Å². The normalized spacial score (nSPS) is 52.2. The van der Waals surface area contributed by atoms with E-state index in [1.807, 2.05) is 0 Å². The van der Waals surface area contributed by atoms with E-state index in [1.165, 1.54) is 5.57 Å². The number of aliphatic hydroxyl groups excluding tert-OH is 12. The zero-order valence-corrected chi connectivity index (χ0v) is 45.4. The topological polar surface area (TPSA) is 360 Å². The number of carbonyl (C=O) groups is 2. The Kier molecular flexibility index (Phi) is 16.7. The van der Waals surface area contributed by atoms with Gasteiger partial charge in [-0.3, -0.25) is 4.79 Å². The predicted octanol–water partition coefficient (Wildman–Crippen LogP) is -1.22. The largest absolute Gasteiger partial charge is 0.467 e. The Labute approximate surface area is 448 Å². The highest BCUT2D eigenvalue weighted by molar-refractivity contribution is 5.79. The maximum Gasteiger partial charge on any atom is 0.337 e. The van der Waals surface area contributed by atoms with Gasteiger partial charge in [-0.1, -0.05) is 60.1 Å². The van der Waals surface area contributed by atoms with Crippen LogP contribution in [0.4, 0.5) is 0 Å². The first kappa shape index (κ1) is 59.5. The molecule has 0 aromatic heterocycles. The second-order valence-electron chi connectivity index (χ2n) is 26.0. The molecule has 0 radical (unpaired) electrons. The lowest BCUT2D eigenvalue weighted by atomic mass is 9.33. The third-order valence-electron chi connectivity index (χ3n) is 21.2. The molecule has 23 nitrogen and oxygen atoms in total. The Balaban J connectivity index is 0.990. The number of esters is 2. The van der Waals surface area contributed by atoms with E-state index in [0.717, 1.165) is 39.2 Å². The van der Waals surface area contributed by atoms with Crippen molar-refractivity contribution in [2.75, 3.05) is 26.9 Å². The summed E-state index contributed by atoms with van der Waals surface area (Å²) in [5, 5.41) is 128. The van der Waals surface area contributed by atoms with Crippen LogP contribution in [0.5, 0.6) is 0 Å². The third-order valence-corrected chi connectivity index (χ3v) is 21.2. The maximum atomic E-state index is 14.8. The van der Waals surface area contributed by atoms with Crippen molar-refractivity contribution in [1.29, 1.82) is 0 Å². The highest BCUT2D eigenvalue weighted by Gasteiger charge is 2.70. The predicted molar refractivity (Wildman–Crippen MR) is 262 cm³/mol. The van der Waals surface area contributed by atoms with Gasteiger partial charge in [-0.05, 0) is 109 Å². The van der Waals surface area contributed by atoms with Crippen molar-refractivity contribution < 1.29 is 113 Å². The van der Waals surface area contributed by atoms with Crippen molar-refractivity contribution in [3.05, 3.63) is 11.6 Å². The Bertz CT molecular complexity index is 2160. The van der Waals surface area contributed by atoms with Gasteiger partial charge in [0.1, 0.15) is 85.5 Å². The van der Waals surface area contributed by atoms with Crippen LogP contribution in [-0.2, 0) is 52.2 Å². The summed E-state index contributed by atoms with van der Waals surface area (Å²) in [5.74, 6) is -1.55. The van der Waals surface area contributed by atoms with Crippen LogP contribution in [0.1, 0.15) is 113 Å². The summed E-state index contributed by atoms with van der Waals surface area (Å²) >= 11 is 0. The first-order valence-electron chi connectivity index (χ1n) is 27.6. The average Bonchev–Trinajstić information content (AvgIpc) is 3.82. The summed E-state index contributed by atoms with van der Waals surface area (Å²) in [7, 11) is 1.08. The molecule has 9 rings (SSSR count). The van der Waals surface area contributed by atoms with Crippen LogP contribution >= 0.6 is 0 Å². The number of hydrogen-bond donors (Lipinski definition) is 12. The summed E-state index contributed by atoms with van der Waals surface area (Å²) in [6.07, 6.45) is -23.3. The van der Waals surface area contributed by atoms with Gasteiger partial charge in [-0.2, -0.15) is 0 Å². The molecule has 12 N–H and O–H groups in total. The van der Waals surface area contributed by atoms with E-state index in [9.17, 15) is 70.9 Å². The van der Waals surface area contributed by atoms with Gasteiger partial charge < -0.3 is 104 Å². The molecule has 0 amide bonds. The monoisotopic (exact) mass is 1100 g/mol. The summed E-state index contributed by atoms with van der Waals surface area (Å²) in [6.45, 7) is 13.6. The summed E-state index contributed by atoms with van der Waals surface area (Å²) in [6, 6.07) is 0. The van der Waals surface area contributed by atoms with Crippen LogP contribution in [0.2, 0.25) is 0 Å². The van der Waals surface area contributed by atoms with E-state index in [2.05, 4.69) is 54.5 Å². The quantitative estimate of drug-likeness (QED) is 0.0619. The third kappa shape index (κ3) is 9.66. The second-order valence-corrected chi connectivity index (χ2v) is 26.0. The van der Waals surface area contributed by atoms with Crippen LogP contribution < -0.4 is 0 Å². The van der Waals surface area contributed by atoms with Crippen LogP contribution in [-0.4, -0.2) is 223 Å². The molecule has 27 atom stereocenters. The van der Waals surface area contributed by atoms with E-state index in [-0.39, 0.29) is 39.4 Å². The van der Waals surface area contributed by atoms with Crippen molar-refractivity contribution in [3.63, 3.8) is 0 Å². The van der Waals surface area contributed by atoms with Gasteiger partial charge in [0.25, 0.3) is 0 Å². The number of allylic oxidation sites excluding steroid dienone is 2. The molecule has 4 saturated carbocycles. The standard InChI is InChI=1S/C54H86O23/c1-49(2)15-17-54(48(68)77-46-38(65)35(62)32(59)26(21-56)72-46)18-16-52(6)23(24(54)19-49)9-10-29-51(5)13-12-30(50(3,4)28(51)11-14-53(29,52)7)73-47-41(75-45-37(64)34(61)31(58)25(20-55)70-45)39(66)40(42(76-47)43(67)69-8)74-44-36(63)33(60)27(22-57)71-44/h9,24-42,44-47,55-66H,10-22H2,1-8H3. The minimum Gasteiger partial charge on any atom is -0.467 e. The minimum absolute atomic E-state index is 0.0351. The Hall–Kier alpha value is -2.08. The van der Waals surface area contributed by atoms with Crippen molar-refractivity contribution in [3.8, 4) is 0 Å². The second kappa shape index (κ2) is 21.6. The summed E-state index contributed by atoms with van der Waals surface area (Å²) < 4.78 is 53.5. The average molecular weight is 1100 g/mol. The molecule has 77 heavy (non-hydrogen) atoms. The van der Waals surface area contributed by atoms with Crippen molar-refractivity contribution in [2.24, 2.45) is 50.2 Å². The van der Waals surface area contributed by atoms with Crippen molar-refractivity contribution >= 4 is 11.9 Å². The molecule has 9 aliphatic rings. The Morgan fingerprint density at radius 1 is 0.571 bits per heavy atom. The highest BCUT2D eigenvalue weighted by Crippen LogP contribution is 2.76. The molecule has 23 heteroatoms. The number of carbonyl (C=O) groups excluding carboxylic acids is 2. The number of ether oxygens (including phenoxy) is 9. The minimum atomic E-state index is -1.94. The zero-order valence-electron chi connectivity index (χ0n) is 45.4. The van der Waals surface area contributed by atoms with Gasteiger partial charge in [0.2, 0.25) is 6.29 Å². The van der Waals surface area contributed by atoms with Gasteiger partial charge in [-0.15, -0.1) is 0 Å². The first-order valence-corrected chi connectivity index (χ1v) is 27.6. The molecule has 4 aliphatic heterocycles. The fourth-order valence-electron chi connectivity index (χ4n) is 16.4. The zero-order chi connectivity index (χ0) is 56.3. The molecule has 0 aromatic rings. The lowest BCUT2D eigenvalue weighted by Gasteiger charge is -2.71. The van der Waals surface area contributed by atoms with Crippen LogP contribution in [0.25, 0.3) is 0 Å². The van der Waals surface area contributed by atoms with Gasteiger partial charge in [0.15, 0.2) is 25.0 Å². The molecule has 4 heterocycles. The molecular weight excluding hydrogens is 1020 g/mol. The number of methoxy groups -OCH3 is 1. The van der Waals surface area contributed by atoms with E-state index >= 15 is 0 Å². The van der Waals surface area contributed by atoms with E-state index in [1.54, 1.807) is 0 Å². The smallest absolute Gasteiger partial charge is 0.337 e. The molecule has 27 unspecified atom stereocenters. The lowest BCUT2D eigenvalue weighted by molar-refractivity contribution is -0.383. The van der Waals surface area contributed by atoms with Crippen LogP contribution in [0.15, 0.2) is 11.6 Å². The molecule has 0 aromatic carbocycles. The number of hydrogen-bond acceptors (Lipinski definition) is 23. The van der Waals surface area contributed by atoms with Crippen molar-refractivity contribution in [1.82, 2.24) is 0 Å². The molecular formula is C54H86O23. The van der Waals surface area contributed by atoms with E-state index in [0.29, 0.717) is 32.1 Å². The highest BCUT2D eigenvalue weighted by atomic mass is 16.8. The van der Waals surface area contributed by atoms with E-state index in [4.69, 9.17) is 42.6 Å². The maximum absolute atomic E-state index is 14.8. The Morgan fingerprint density at radius 3 is 1.69 bits per heavy atom. The molecule has 0 bridgehead atoms. The summed E-state index contributed by atoms with van der Waals surface area (Å²) in [4.78, 5) is 28.4. The van der Waals surface area contributed by atoms with Gasteiger partial charge in [0.05, 0.1) is 38.4 Å². The fraction of sp³-hybridized carbons (Fsp3) is 0.926.